The largest absolute Gasteiger partial charge is 0.367 e. The molecule has 1 fully saturated rings. The summed E-state index contributed by atoms with van der Waals surface area (Å²) in [5, 5.41) is 4.79. The monoisotopic (exact) mass is 367 g/mol. The van der Waals surface area contributed by atoms with Gasteiger partial charge in [-0.3, -0.25) is 0 Å². The quantitative estimate of drug-likeness (QED) is 0.683. The zero-order valence-corrected chi connectivity index (χ0v) is 14.9. The van der Waals surface area contributed by atoms with Crippen LogP contribution in [0.5, 0.6) is 0 Å². The summed E-state index contributed by atoms with van der Waals surface area (Å²) in [5.41, 5.74) is 3.24. The van der Waals surface area contributed by atoms with Crippen molar-refractivity contribution in [1.29, 1.82) is 0 Å². The van der Waals surface area contributed by atoms with Crippen LogP contribution in [-0.2, 0) is 16.8 Å². The van der Waals surface area contributed by atoms with Crippen LogP contribution >= 0.6 is 11.6 Å². The van der Waals surface area contributed by atoms with Crippen molar-refractivity contribution >= 4 is 17.6 Å². The van der Waals surface area contributed by atoms with Crippen LogP contribution in [0.3, 0.4) is 0 Å². The first kappa shape index (κ1) is 15.9. The number of aromatic nitrogens is 2. The van der Waals surface area contributed by atoms with Gasteiger partial charge in [0.1, 0.15) is 5.60 Å². The molecular weight excluding hydrogens is 350 g/mol. The number of hydrogen-bond acceptors (Lipinski definition) is 5. The Labute approximate surface area is 156 Å². The number of anilines is 1. The van der Waals surface area contributed by atoms with Crippen LogP contribution in [0.4, 0.5) is 6.01 Å². The van der Waals surface area contributed by atoms with Crippen LogP contribution in [0.1, 0.15) is 17.5 Å². The number of nitrogens with zero attached hydrogens (tertiary/aromatic N) is 3. The molecule has 26 heavy (non-hydrogen) atoms. The number of benzene rings is 2. The van der Waals surface area contributed by atoms with E-state index in [9.17, 15) is 0 Å². The van der Waals surface area contributed by atoms with E-state index in [1.165, 1.54) is 11.1 Å². The molecule has 6 heteroatoms. The van der Waals surface area contributed by atoms with Gasteiger partial charge in [-0.1, -0.05) is 53.2 Å². The van der Waals surface area contributed by atoms with Gasteiger partial charge in [0.15, 0.2) is 0 Å². The van der Waals surface area contributed by atoms with Crippen molar-refractivity contribution in [2.75, 3.05) is 24.6 Å². The van der Waals surface area contributed by atoms with Crippen LogP contribution in [0.25, 0.3) is 11.4 Å². The average Bonchev–Trinajstić information content (AvgIpc) is 3.29. The van der Waals surface area contributed by atoms with E-state index in [4.69, 9.17) is 20.9 Å². The topological polar surface area (TPSA) is 51.4 Å². The lowest BCUT2D eigenvalue weighted by atomic mass is 9.94. The summed E-state index contributed by atoms with van der Waals surface area (Å²) in [6.45, 7) is 2.10. The van der Waals surface area contributed by atoms with Crippen LogP contribution in [-0.4, -0.2) is 29.8 Å². The second-order valence-corrected chi connectivity index (χ2v) is 7.27. The van der Waals surface area contributed by atoms with Crippen molar-refractivity contribution in [2.45, 2.75) is 18.4 Å². The minimum atomic E-state index is -0.278. The lowest BCUT2D eigenvalue weighted by Crippen LogP contribution is -2.49. The van der Waals surface area contributed by atoms with Crippen LogP contribution in [0.15, 0.2) is 53.1 Å². The molecule has 1 aliphatic heterocycles. The number of hydrogen-bond donors (Lipinski definition) is 0. The summed E-state index contributed by atoms with van der Waals surface area (Å²) in [5.74, 6) is 0.551. The molecule has 2 aromatic carbocycles. The smallest absolute Gasteiger partial charge is 0.324 e. The number of aryl methyl sites for hydroxylation is 1. The lowest BCUT2D eigenvalue weighted by molar-refractivity contribution is -0.0605. The van der Waals surface area contributed by atoms with Gasteiger partial charge in [-0.2, -0.15) is 4.98 Å². The van der Waals surface area contributed by atoms with Crippen molar-refractivity contribution in [2.24, 2.45) is 0 Å². The van der Waals surface area contributed by atoms with E-state index in [1.54, 1.807) is 0 Å². The molecule has 1 aromatic heterocycles. The van der Waals surface area contributed by atoms with Crippen molar-refractivity contribution in [1.82, 2.24) is 10.1 Å². The molecule has 1 saturated heterocycles. The minimum Gasteiger partial charge on any atom is -0.367 e. The Bertz CT molecular complexity index is 953. The van der Waals surface area contributed by atoms with E-state index >= 15 is 0 Å². The van der Waals surface area contributed by atoms with E-state index in [2.05, 4.69) is 39.3 Å². The molecule has 0 radical (unpaired) electrons. The maximum Gasteiger partial charge on any atom is 0.324 e. The second kappa shape index (κ2) is 6.11. The van der Waals surface area contributed by atoms with Crippen LogP contribution in [0, 0.1) is 0 Å². The molecular formula is C20H18ClN3O2. The molecule has 5 nitrogen and oxygen atoms in total. The normalized spacial score (nSPS) is 22.0. The molecule has 5 rings (SSSR count). The van der Waals surface area contributed by atoms with Gasteiger partial charge >= 0.3 is 6.01 Å². The maximum atomic E-state index is 6.26. The number of rotatable bonds is 2. The molecule has 1 spiro atoms. The summed E-state index contributed by atoms with van der Waals surface area (Å²) in [4.78, 5) is 6.72. The molecule has 3 aromatic rings. The van der Waals surface area contributed by atoms with E-state index in [-0.39, 0.29) is 5.60 Å². The minimum absolute atomic E-state index is 0.278. The van der Waals surface area contributed by atoms with Gasteiger partial charge in [0.05, 0.1) is 13.2 Å². The summed E-state index contributed by atoms with van der Waals surface area (Å²) in [6.07, 6.45) is 2.03. The standard InChI is InChI=1S/C20H18ClN3O2/c21-16-6-3-5-15(12-16)18-22-19(26-23-18)24-10-11-25-20(13-24)9-8-14-4-1-2-7-17(14)20/h1-7,12H,8-11,13H2. The molecule has 1 unspecified atom stereocenters. The number of fused-ring (bicyclic) bond motifs is 2. The number of halogens is 1. The summed E-state index contributed by atoms with van der Waals surface area (Å²) in [7, 11) is 0. The first-order valence-electron chi connectivity index (χ1n) is 8.80. The molecule has 0 N–H and O–H groups in total. The Balaban J connectivity index is 1.43. The Morgan fingerprint density at radius 2 is 2.04 bits per heavy atom. The average molecular weight is 368 g/mol. The third-order valence-electron chi connectivity index (χ3n) is 5.26. The van der Waals surface area contributed by atoms with Gasteiger partial charge < -0.3 is 14.2 Å². The molecule has 2 aliphatic rings. The first-order valence-corrected chi connectivity index (χ1v) is 9.18. The predicted molar refractivity (Wildman–Crippen MR) is 99.4 cm³/mol. The summed E-state index contributed by atoms with van der Waals surface area (Å²) < 4.78 is 11.8. The summed E-state index contributed by atoms with van der Waals surface area (Å²) in [6, 6.07) is 16.5. The molecule has 0 amide bonds. The Kier molecular flexibility index (Phi) is 3.72. The predicted octanol–water partition coefficient (Wildman–Crippen LogP) is 4.07. The first-order chi connectivity index (χ1) is 12.7. The SMILES string of the molecule is Clc1cccc(-c2noc(N3CCOC4(CCc5ccccc54)C3)n2)c1. The van der Waals surface area contributed by atoms with Crippen molar-refractivity contribution in [3.63, 3.8) is 0 Å². The van der Waals surface area contributed by atoms with Crippen LogP contribution in [0.2, 0.25) is 5.02 Å². The zero-order valence-electron chi connectivity index (χ0n) is 14.2. The Hall–Kier alpha value is -2.37. The van der Waals surface area contributed by atoms with Gasteiger partial charge in [-0.25, -0.2) is 0 Å². The molecule has 0 saturated carbocycles. The number of ether oxygens (including phenoxy) is 1. The van der Waals surface area contributed by atoms with Gasteiger partial charge in [-0.15, -0.1) is 0 Å². The molecule has 132 valence electrons. The fourth-order valence-corrected chi connectivity index (χ4v) is 4.19. The highest BCUT2D eigenvalue weighted by atomic mass is 35.5. The van der Waals surface area contributed by atoms with Gasteiger partial charge in [0, 0.05) is 17.1 Å². The van der Waals surface area contributed by atoms with E-state index in [0.29, 0.717) is 23.5 Å². The lowest BCUT2D eigenvalue weighted by Gasteiger charge is -2.40. The van der Waals surface area contributed by atoms with Gasteiger partial charge in [-0.05, 0) is 36.1 Å². The highest BCUT2D eigenvalue weighted by molar-refractivity contribution is 6.30. The number of morpholine rings is 1. The van der Waals surface area contributed by atoms with Crippen molar-refractivity contribution in [3.8, 4) is 11.4 Å². The fourth-order valence-electron chi connectivity index (χ4n) is 4.00. The fraction of sp³-hybridized carbons (Fsp3) is 0.300. The van der Waals surface area contributed by atoms with Gasteiger partial charge in [0.2, 0.25) is 5.82 Å². The molecule has 1 atom stereocenters. The van der Waals surface area contributed by atoms with Gasteiger partial charge in [0.25, 0.3) is 0 Å². The second-order valence-electron chi connectivity index (χ2n) is 6.83. The zero-order chi connectivity index (χ0) is 17.6. The van der Waals surface area contributed by atoms with Crippen molar-refractivity contribution < 1.29 is 9.26 Å². The highest BCUT2D eigenvalue weighted by Gasteiger charge is 2.44. The van der Waals surface area contributed by atoms with Crippen molar-refractivity contribution in [3.05, 3.63) is 64.7 Å². The van der Waals surface area contributed by atoms with E-state index < -0.39 is 0 Å². The molecule has 0 bridgehead atoms. The molecule has 2 heterocycles. The summed E-state index contributed by atoms with van der Waals surface area (Å²) >= 11 is 6.07. The van der Waals surface area contributed by atoms with E-state index in [0.717, 1.165) is 31.5 Å². The highest BCUT2D eigenvalue weighted by Crippen LogP contribution is 2.42. The maximum absolute atomic E-state index is 6.26. The van der Waals surface area contributed by atoms with Crippen LogP contribution < -0.4 is 4.90 Å². The third kappa shape index (κ3) is 2.59. The Morgan fingerprint density at radius 1 is 1.12 bits per heavy atom. The Morgan fingerprint density at radius 3 is 2.96 bits per heavy atom. The van der Waals surface area contributed by atoms with E-state index in [1.807, 2.05) is 24.3 Å². The molecule has 1 aliphatic carbocycles. The third-order valence-corrected chi connectivity index (χ3v) is 5.50.